The van der Waals surface area contributed by atoms with E-state index in [1.54, 1.807) is 7.11 Å². The van der Waals surface area contributed by atoms with Crippen LogP contribution in [0.15, 0.2) is 36.4 Å². The van der Waals surface area contributed by atoms with Crippen molar-refractivity contribution in [3.8, 4) is 16.9 Å². The average molecular weight is 276 g/mol. The molecule has 19 heavy (non-hydrogen) atoms. The molecule has 1 unspecified atom stereocenters. The summed E-state index contributed by atoms with van der Waals surface area (Å²) in [6, 6.07) is 12.1. The quantitative estimate of drug-likeness (QED) is 0.904. The van der Waals surface area contributed by atoms with Crippen LogP contribution in [0.2, 0.25) is 5.02 Å². The lowest BCUT2D eigenvalue weighted by Crippen LogP contribution is -2.04. The summed E-state index contributed by atoms with van der Waals surface area (Å²) in [6.45, 7) is 3.96. The van der Waals surface area contributed by atoms with Crippen molar-refractivity contribution in [1.29, 1.82) is 0 Å². The van der Waals surface area contributed by atoms with Crippen LogP contribution in [-0.2, 0) is 0 Å². The highest BCUT2D eigenvalue weighted by atomic mass is 35.5. The first-order chi connectivity index (χ1) is 9.02. The zero-order valence-corrected chi connectivity index (χ0v) is 12.2. The molecule has 1 atom stereocenters. The molecule has 0 radical (unpaired) electrons. The molecular formula is C16H18ClNO. The third-order valence-electron chi connectivity index (χ3n) is 3.20. The van der Waals surface area contributed by atoms with Gasteiger partial charge in [0.15, 0.2) is 0 Å². The highest BCUT2D eigenvalue weighted by Gasteiger charge is 2.10. The van der Waals surface area contributed by atoms with Crippen LogP contribution in [-0.4, -0.2) is 7.11 Å². The summed E-state index contributed by atoms with van der Waals surface area (Å²) in [7, 11) is 1.65. The van der Waals surface area contributed by atoms with Crippen molar-refractivity contribution < 1.29 is 4.74 Å². The van der Waals surface area contributed by atoms with E-state index in [1.165, 1.54) is 0 Å². The Morgan fingerprint density at radius 3 is 2.58 bits per heavy atom. The number of hydrogen-bond donors (Lipinski definition) is 1. The first-order valence-corrected chi connectivity index (χ1v) is 6.60. The molecule has 0 saturated heterocycles. The maximum Gasteiger partial charge on any atom is 0.128 e. The van der Waals surface area contributed by atoms with Crippen molar-refractivity contribution in [3.05, 3.63) is 52.5 Å². The molecule has 2 N–H and O–H groups in total. The van der Waals surface area contributed by atoms with Crippen molar-refractivity contribution in [1.82, 2.24) is 0 Å². The summed E-state index contributed by atoms with van der Waals surface area (Å²) >= 11 is 6.13. The highest BCUT2D eigenvalue weighted by Crippen LogP contribution is 2.35. The molecule has 2 nitrogen and oxygen atoms in total. The van der Waals surface area contributed by atoms with Crippen LogP contribution in [0.1, 0.15) is 24.1 Å². The van der Waals surface area contributed by atoms with Gasteiger partial charge in [-0.05, 0) is 48.7 Å². The first kappa shape index (κ1) is 13.9. The number of halogens is 1. The molecule has 2 aromatic carbocycles. The van der Waals surface area contributed by atoms with Gasteiger partial charge >= 0.3 is 0 Å². The molecule has 0 aromatic heterocycles. The first-order valence-electron chi connectivity index (χ1n) is 6.23. The van der Waals surface area contributed by atoms with Gasteiger partial charge < -0.3 is 10.5 Å². The van der Waals surface area contributed by atoms with E-state index in [4.69, 9.17) is 22.1 Å². The van der Waals surface area contributed by atoms with Crippen molar-refractivity contribution in [3.63, 3.8) is 0 Å². The number of aryl methyl sites for hydroxylation is 1. The lowest BCUT2D eigenvalue weighted by Gasteiger charge is -2.13. The molecule has 0 spiro atoms. The van der Waals surface area contributed by atoms with Gasteiger partial charge in [-0.25, -0.2) is 0 Å². The molecule has 0 fully saturated rings. The predicted molar refractivity (Wildman–Crippen MR) is 80.8 cm³/mol. The van der Waals surface area contributed by atoms with E-state index in [1.807, 2.05) is 38.1 Å². The van der Waals surface area contributed by atoms with Gasteiger partial charge in [-0.3, -0.25) is 0 Å². The summed E-state index contributed by atoms with van der Waals surface area (Å²) in [5.41, 5.74) is 10.2. The summed E-state index contributed by atoms with van der Waals surface area (Å²) in [4.78, 5) is 0. The van der Waals surface area contributed by atoms with Crippen molar-refractivity contribution in [2.75, 3.05) is 7.11 Å². The Labute approximate surface area is 119 Å². The predicted octanol–water partition coefficient (Wildman–Crippen LogP) is 4.34. The smallest absolute Gasteiger partial charge is 0.128 e. The monoisotopic (exact) mass is 275 g/mol. The lowest BCUT2D eigenvalue weighted by atomic mass is 9.98. The van der Waals surface area contributed by atoms with E-state index in [0.29, 0.717) is 5.02 Å². The molecule has 0 aliphatic heterocycles. The molecule has 0 heterocycles. The molecule has 2 rings (SSSR count). The molecule has 3 heteroatoms. The normalized spacial score (nSPS) is 12.3. The topological polar surface area (TPSA) is 35.2 Å². The van der Waals surface area contributed by atoms with Crippen LogP contribution < -0.4 is 10.5 Å². The Kier molecular flexibility index (Phi) is 4.13. The van der Waals surface area contributed by atoms with Gasteiger partial charge in [-0.2, -0.15) is 0 Å². The minimum absolute atomic E-state index is 0.0133. The maximum atomic E-state index is 6.13. The molecular weight excluding hydrogens is 258 g/mol. The molecule has 0 bridgehead atoms. The third-order valence-corrected chi connectivity index (χ3v) is 3.61. The number of benzene rings is 2. The fourth-order valence-electron chi connectivity index (χ4n) is 2.05. The highest BCUT2D eigenvalue weighted by molar-refractivity contribution is 6.31. The van der Waals surface area contributed by atoms with Gasteiger partial charge in [0, 0.05) is 16.6 Å². The fraction of sp³-hybridized carbons (Fsp3) is 0.250. The maximum absolute atomic E-state index is 6.13. The number of methoxy groups -OCH3 is 1. The number of nitrogens with two attached hydrogens (primary N) is 1. The van der Waals surface area contributed by atoms with Gasteiger partial charge in [0.2, 0.25) is 0 Å². The van der Waals surface area contributed by atoms with E-state index < -0.39 is 0 Å². The van der Waals surface area contributed by atoms with Crippen LogP contribution in [0, 0.1) is 6.92 Å². The zero-order valence-electron chi connectivity index (χ0n) is 11.4. The second-order valence-corrected chi connectivity index (χ2v) is 5.12. The van der Waals surface area contributed by atoms with Crippen LogP contribution in [0.5, 0.6) is 5.75 Å². The van der Waals surface area contributed by atoms with Gasteiger partial charge in [-0.1, -0.05) is 29.8 Å². The lowest BCUT2D eigenvalue weighted by molar-refractivity contribution is 0.416. The summed E-state index contributed by atoms with van der Waals surface area (Å²) in [5.74, 6) is 0.775. The van der Waals surface area contributed by atoms with E-state index >= 15 is 0 Å². The second-order valence-electron chi connectivity index (χ2n) is 4.72. The van der Waals surface area contributed by atoms with Crippen LogP contribution in [0.3, 0.4) is 0 Å². The Morgan fingerprint density at radius 1 is 1.21 bits per heavy atom. The summed E-state index contributed by atoms with van der Waals surface area (Å²) < 4.78 is 5.42. The second kappa shape index (κ2) is 5.64. The minimum Gasteiger partial charge on any atom is -0.496 e. The molecule has 0 aliphatic carbocycles. The van der Waals surface area contributed by atoms with Crippen molar-refractivity contribution in [2.24, 2.45) is 5.73 Å². The van der Waals surface area contributed by atoms with Crippen LogP contribution in [0.25, 0.3) is 11.1 Å². The summed E-state index contributed by atoms with van der Waals surface area (Å²) in [5, 5.41) is 0.712. The van der Waals surface area contributed by atoms with Gasteiger partial charge in [-0.15, -0.1) is 0 Å². The van der Waals surface area contributed by atoms with Crippen molar-refractivity contribution >= 4 is 11.6 Å². The van der Waals surface area contributed by atoms with E-state index in [0.717, 1.165) is 28.0 Å². The Bertz CT molecular complexity index is 593. The van der Waals surface area contributed by atoms with Gasteiger partial charge in [0.25, 0.3) is 0 Å². The van der Waals surface area contributed by atoms with E-state index in [9.17, 15) is 0 Å². The largest absolute Gasteiger partial charge is 0.496 e. The zero-order chi connectivity index (χ0) is 14.0. The minimum atomic E-state index is 0.0133. The SMILES string of the molecule is COc1cc(Cl)c(C)cc1-c1cccc(C(C)N)c1. The van der Waals surface area contributed by atoms with E-state index in [-0.39, 0.29) is 6.04 Å². The Morgan fingerprint density at radius 2 is 1.95 bits per heavy atom. The Hall–Kier alpha value is -1.51. The van der Waals surface area contributed by atoms with Crippen molar-refractivity contribution in [2.45, 2.75) is 19.9 Å². The standard InChI is InChI=1S/C16H18ClNO/c1-10-7-14(16(19-3)9-15(10)17)13-6-4-5-12(8-13)11(2)18/h4-9,11H,18H2,1-3H3. The number of ether oxygens (including phenoxy) is 1. The van der Waals surface area contributed by atoms with E-state index in [2.05, 4.69) is 12.1 Å². The Balaban J connectivity index is 2.57. The molecule has 0 saturated carbocycles. The average Bonchev–Trinajstić information content (AvgIpc) is 2.41. The molecule has 100 valence electrons. The van der Waals surface area contributed by atoms with Crippen LogP contribution >= 0.6 is 11.6 Å². The number of rotatable bonds is 3. The molecule has 0 aliphatic rings. The van der Waals surface area contributed by atoms with Crippen LogP contribution in [0.4, 0.5) is 0 Å². The molecule has 2 aromatic rings. The van der Waals surface area contributed by atoms with Gasteiger partial charge in [0.05, 0.1) is 7.11 Å². The molecule has 0 amide bonds. The summed E-state index contributed by atoms with van der Waals surface area (Å²) in [6.07, 6.45) is 0. The number of hydrogen-bond acceptors (Lipinski definition) is 2. The fourth-order valence-corrected chi connectivity index (χ4v) is 2.20. The third kappa shape index (κ3) is 2.91. The van der Waals surface area contributed by atoms with Gasteiger partial charge in [0.1, 0.15) is 5.75 Å².